The zero-order valence-electron chi connectivity index (χ0n) is 15.6. The van der Waals surface area contributed by atoms with Gasteiger partial charge in [0.25, 0.3) is 11.6 Å². The van der Waals surface area contributed by atoms with Gasteiger partial charge >= 0.3 is 5.97 Å². The average Bonchev–Trinajstić information content (AvgIpc) is 2.66. The molecule has 0 radical (unpaired) electrons. The van der Waals surface area contributed by atoms with E-state index in [1.54, 1.807) is 12.0 Å². The highest BCUT2D eigenvalue weighted by atomic mass is 16.6. The number of nitro groups is 1. The summed E-state index contributed by atoms with van der Waals surface area (Å²) in [6.45, 7) is 3.81. The lowest BCUT2D eigenvalue weighted by Gasteiger charge is -2.30. The number of esters is 1. The minimum atomic E-state index is -0.781. The minimum Gasteiger partial charge on any atom is -0.452 e. The van der Waals surface area contributed by atoms with Crippen molar-refractivity contribution in [3.63, 3.8) is 0 Å². The van der Waals surface area contributed by atoms with Crippen LogP contribution < -0.4 is 5.32 Å². The maximum Gasteiger partial charge on any atom is 0.341 e. The van der Waals surface area contributed by atoms with Gasteiger partial charge in [-0.05, 0) is 24.8 Å². The van der Waals surface area contributed by atoms with E-state index in [2.05, 4.69) is 12.2 Å². The molecule has 1 N–H and O–H groups in total. The highest BCUT2D eigenvalue weighted by Gasteiger charge is 2.23. The first-order chi connectivity index (χ1) is 12.9. The first-order valence-corrected chi connectivity index (χ1v) is 8.88. The molecular weight excluding hydrogens is 354 g/mol. The standard InChI is InChI=1S/C18H25N3O6/c1-13-4-3-8-20(11-13)17(22)12-27-18(23)15-10-14(21(24)25)5-6-16(15)19-7-9-26-2/h5-6,10,13,19H,3-4,7-9,11-12H2,1-2H3/t13-/m1/s1. The molecule has 2 rings (SSSR count). The van der Waals surface area contributed by atoms with Gasteiger partial charge < -0.3 is 19.7 Å². The van der Waals surface area contributed by atoms with E-state index >= 15 is 0 Å². The minimum absolute atomic E-state index is 0.0140. The number of hydrogen-bond donors (Lipinski definition) is 1. The van der Waals surface area contributed by atoms with Crippen LogP contribution in [0.25, 0.3) is 0 Å². The van der Waals surface area contributed by atoms with E-state index in [0.717, 1.165) is 18.9 Å². The first-order valence-electron chi connectivity index (χ1n) is 8.88. The lowest BCUT2D eigenvalue weighted by molar-refractivity contribution is -0.384. The molecule has 9 nitrogen and oxygen atoms in total. The Morgan fingerprint density at radius 2 is 2.19 bits per heavy atom. The number of anilines is 1. The second-order valence-corrected chi connectivity index (χ2v) is 6.57. The Morgan fingerprint density at radius 3 is 2.85 bits per heavy atom. The lowest BCUT2D eigenvalue weighted by atomic mass is 10.0. The Balaban J connectivity index is 2.05. The second kappa shape index (κ2) is 9.86. The third-order valence-corrected chi connectivity index (χ3v) is 4.39. The molecule has 0 bridgehead atoms. The number of hydrogen-bond acceptors (Lipinski definition) is 7. The van der Waals surface area contributed by atoms with Gasteiger partial charge in [0.05, 0.1) is 17.1 Å². The largest absolute Gasteiger partial charge is 0.452 e. The quantitative estimate of drug-likeness (QED) is 0.318. The number of carbonyl (C=O) groups excluding carboxylic acids is 2. The van der Waals surface area contributed by atoms with Gasteiger partial charge in [-0.1, -0.05) is 6.92 Å². The van der Waals surface area contributed by atoms with Crippen LogP contribution in [0, 0.1) is 16.0 Å². The van der Waals surface area contributed by atoms with Crippen molar-refractivity contribution in [2.45, 2.75) is 19.8 Å². The molecule has 0 saturated carbocycles. The van der Waals surface area contributed by atoms with E-state index in [9.17, 15) is 19.7 Å². The number of nitrogens with zero attached hydrogens (tertiary/aromatic N) is 2. The summed E-state index contributed by atoms with van der Waals surface area (Å²) in [6, 6.07) is 3.88. The van der Waals surface area contributed by atoms with E-state index in [0.29, 0.717) is 37.8 Å². The molecule has 1 aliphatic heterocycles. The van der Waals surface area contributed by atoms with Crippen LogP contribution in [-0.4, -0.2) is 61.7 Å². The third kappa shape index (κ3) is 5.92. The van der Waals surface area contributed by atoms with Gasteiger partial charge in [0.15, 0.2) is 6.61 Å². The van der Waals surface area contributed by atoms with Gasteiger partial charge in [-0.15, -0.1) is 0 Å². The zero-order chi connectivity index (χ0) is 19.8. The number of nitro benzene ring substituents is 1. The van der Waals surface area contributed by atoms with Crippen LogP contribution in [0.2, 0.25) is 0 Å². The Morgan fingerprint density at radius 1 is 1.41 bits per heavy atom. The SMILES string of the molecule is COCCNc1ccc([N+](=O)[O-])cc1C(=O)OCC(=O)N1CCC[C@@H](C)C1. The van der Waals surface area contributed by atoms with Gasteiger partial charge in [0, 0.05) is 44.6 Å². The summed E-state index contributed by atoms with van der Waals surface area (Å²) in [5.74, 6) is -0.613. The fourth-order valence-corrected chi connectivity index (χ4v) is 2.97. The lowest BCUT2D eigenvalue weighted by Crippen LogP contribution is -2.41. The third-order valence-electron chi connectivity index (χ3n) is 4.39. The van der Waals surface area contributed by atoms with Crippen LogP contribution in [0.15, 0.2) is 18.2 Å². The first kappa shape index (κ1) is 20.6. The molecule has 1 atom stereocenters. The Hall–Kier alpha value is -2.68. The van der Waals surface area contributed by atoms with Crippen molar-refractivity contribution < 1.29 is 24.0 Å². The zero-order valence-corrected chi connectivity index (χ0v) is 15.6. The van der Waals surface area contributed by atoms with Crippen molar-refractivity contribution in [1.82, 2.24) is 4.90 Å². The monoisotopic (exact) mass is 379 g/mol. The van der Waals surface area contributed by atoms with Crippen molar-refractivity contribution in [1.29, 1.82) is 0 Å². The van der Waals surface area contributed by atoms with Crippen LogP contribution in [0.3, 0.4) is 0 Å². The van der Waals surface area contributed by atoms with Gasteiger partial charge in [-0.2, -0.15) is 0 Å². The normalized spacial score (nSPS) is 16.7. The molecule has 1 heterocycles. The van der Waals surface area contributed by atoms with Crippen LogP contribution in [0.4, 0.5) is 11.4 Å². The van der Waals surface area contributed by atoms with E-state index in [1.165, 1.54) is 12.1 Å². The summed E-state index contributed by atoms with van der Waals surface area (Å²) >= 11 is 0. The fourth-order valence-electron chi connectivity index (χ4n) is 2.97. The van der Waals surface area contributed by atoms with Gasteiger partial charge in [0.1, 0.15) is 0 Å². The summed E-state index contributed by atoms with van der Waals surface area (Å²) in [5, 5.41) is 14.0. The van der Waals surface area contributed by atoms with E-state index in [1.807, 2.05) is 0 Å². The van der Waals surface area contributed by atoms with Crippen molar-refractivity contribution >= 4 is 23.3 Å². The predicted molar refractivity (Wildman–Crippen MR) is 98.7 cm³/mol. The van der Waals surface area contributed by atoms with Crippen LogP contribution in [0.5, 0.6) is 0 Å². The average molecular weight is 379 g/mol. The summed E-state index contributed by atoms with van der Waals surface area (Å²) in [6.07, 6.45) is 2.01. The smallest absolute Gasteiger partial charge is 0.341 e. The molecule has 27 heavy (non-hydrogen) atoms. The molecule has 148 valence electrons. The fraction of sp³-hybridized carbons (Fsp3) is 0.556. The predicted octanol–water partition coefficient (Wildman–Crippen LogP) is 2.07. The number of ether oxygens (including phenoxy) is 2. The maximum atomic E-state index is 12.4. The van der Waals surface area contributed by atoms with Crippen molar-refractivity contribution in [2.24, 2.45) is 5.92 Å². The molecule has 0 spiro atoms. The van der Waals surface area contributed by atoms with Gasteiger partial charge in [0.2, 0.25) is 0 Å². The Labute approximate surface area is 157 Å². The molecule has 1 aromatic carbocycles. The van der Waals surface area contributed by atoms with Crippen LogP contribution in [-0.2, 0) is 14.3 Å². The number of methoxy groups -OCH3 is 1. The second-order valence-electron chi connectivity index (χ2n) is 6.57. The summed E-state index contributed by atoms with van der Waals surface area (Å²) < 4.78 is 10.1. The molecule has 1 saturated heterocycles. The van der Waals surface area contributed by atoms with E-state index < -0.39 is 10.9 Å². The number of amides is 1. The molecule has 0 unspecified atom stereocenters. The molecule has 0 aromatic heterocycles. The van der Waals surface area contributed by atoms with Crippen molar-refractivity contribution in [3.8, 4) is 0 Å². The number of benzene rings is 1. The number of rotatable bonds is 8. The number of piperidine rings is 1. The molecule has 1 amide bonds. The van der Waals surface area contributed by atoms with Gasteiger partial charge in [-0.3, -0.25) is 14.9 Å². The summed E-state index contributed by atoms with van der Waals surface area (Å²) in [7, 11) is 1.54. The maximum absolute atomic E-state index is 12.4. The molecule has 1 fully saturated rings. The number of carbonyl (C=O) groups is 2. The molecule has 9 heteroatoms. The topological polar surface area (TPSA) is 111 Å². The highest BCUT2D eigenvalue weighted by Crippen LogP contribution is 2.23. The summed E-state index contributed by atoms with van der Waals surface area (Å²) in [4.78, 5) is 36.8. The van der Waals surface area contributed by atoms with Crippen LogP contribution in [0.1, 0.15) is 30.1 Å². The summed E-state index contributed by atoms with van der Waals surface area (Å²) in [5.41, 5.74) is 0.178. The van der Waals surface area contributed by atoms with E-state index in [-0.39, 0.29) is 23.8 Å². The van der Waals surface area contributed by atoms with E-state index in [4.69, 9.17) is 9.47 Å². The highest BCUT2D eigenvalue weighted by molar-refractivity contribution is 5.97. The number of likely N-dealkylation sites (tertiary alicyclic amines) is 1. The Bertz CT molecular complexity index is 694. The van der Waals surface area contributed by atoms with Crippen LogP contribution >= 0.6 is 0 Å². The van der Waals surface area contributed by atoms with Gasteiger partial charge in [-0.25, -0.2) is 4.79 Å². The molecule has 1 aliphatic rings. The molecule has 0 aliphatic carbocycles. The molecule has 1 aromatic rings. The number of non-ortho nitro benzene ring substituents is 1. The van der Waals surface area contributed by atoms with Crippen molar-refractivity contribution in [2.75, 3.05) is 45.3 Å². The van der Waals surface area contributed by atoms with Crippen molar-refractivity contribution in [3.05, 3.63) is 33.9 Å². The molecular formula is C18H25N3O6. The number of nitrogens with one attached hydrogen (secondary N) is 1. The Kier molecular flexibility index (Phi) is 7.54.